The fraction of sp³-hybridized carbons (Fsp3) is 0.632. The zero-order chi connectivity index (χ0) is 18.1. The summed E-state index contributed by atoms with van der Waals surface area (Å²) in [5.41, 5.74) is 1.02. The van der Waals surface area contributed by atoms with Gasteiger partial charge < -0.3 is 19.9 Å². The van der Waals surface area contributed by atoms with Gasteiger partial charge in [-0.15, -0.1) is 0 Å². The number of rotatable bonds is 3. The minimum absolute atomic E-state index is 0.129. The van der Waals surface area contributed by atoms with Gasteiger partial charge in [0.15, 0.2) is 0 Å². The van der Waals surface area contributed by atoms with Gasteiger partial charge in [0.05, 0.1) is 11.2 Å². The van der Waals surface area contributed by atoms with Crippen LogP contribution in [0.3, 0.4) is 0 Å². The van der Waals surface area contributed by atoms with Crippen molar-refractivity contribution in [3.63, 3.8) is 0 Å². The number of hydrogen-bond donors (Lipinski definition) is 2. The molecule has 1 aliphatic carbocycles. The number of benzene rings is 1. The lowest BCUT2D eigenvalue weighted by molar-refractivity contribution is 0.00578. The Balaban J connectivity index is 1.56. The molecule has 2 N–H and O–H groups in total. The first kappa shape index (κ1) is 18.3. The normalized spacial score (nSPS) is 22.6. The zero-order valence-corrected chi connectivity index (χ0v) is 15.7. The van der Waals surface area contributed by atoms with E-state index >= 15 is 0 Å². The summed E-state index contributed by atoms with van der Waals surface area (Å²) in [5.74, 6) is 0. The van der Waals surface area contributed by atoms with E-state index in [0.717, 1.165) is 24.0 Å². The van der Waals surface area contributed by atoms with Crippen LogP contribution in [0.5, 0.6) is 0 Å². The maximum Gasteiger partial charge on any atom is 0.494 e. The van der Waals surface area contributed by atoms with Crippen LogP contribution in [0.2, 0.25) is 0 Å². The van der Waals surface area contributed by atoms with Gasteiger partial charge in [0.25, 0.3) is 0 Å². The third kappa shape index (κ3) is 4.18. The van der Waals surface area contributed by atoms with Crippen LogP contribution in [0.15, 0.2) is 24.3 Å². The van der Waals surface area contributed by atoms with E-state index in [4.69, 9.17) is 9.31 Å². The van der Waals surface area contributed by atoms with Crippen LogP contribution in [-0.4, -0.2) is 30.4 Å². The molecule has 0 spiro atoms. The molecular weight excluding hydrogens is 315 g/mol. The summed E-state index contributed by atoms with van der Waals surface area (Å²) in [6.07, 6.45) is 5.84. The number of anilines is 1. The summed E-state index contributed by atoms with van der Waals surface area (Å²) >= 11 is 0. The van der Waals surface area contributed by atoms with Crippen molar-refractivity contribution in [1.82, 2.24) is 5.32 Å². The van der Waals surface area contributed by atoms with Crippen molar-refractivity contribution in [3.8, 4) is 0 Å². The molecule has 1 aromatic rings. The molecule has 136 valence electrons. The first-order valence-corrected chi connectivity index (χ1v) is 9.30. The van der Waals surface area contributed by atoms with Crippen molar-refractivity contribution in [1.29, 1.82) is 0 Å². The van der Waals surface area contributed by atoms with Crippen LogP contribution < -0.4 is 16.1 Å². The molecule has 1 saturated carbocycles. The molecule has 3 rings (SSSR count). The molecule has 0 atom stereocenters. The fourth-order valence-electron chi connectivity index (χ4n) is 3.30. The van der Waals surface area contributed by atoms with E-state index < -0.39 is 0 Å². The molecule has 25 heavy (non-hydrogen) atoms. The van der Waals surface area contributed by atoms with E-state index in [9.17, 15) is 4.79 Å². The van der Waals surface area contributed by atoms with Crippen LogP contribution in [0.1, 0.15) is 59.8 Å². The molecule has 1 saturated heterocycles. The molecule has 1 aromatic carbocycles. The SMILES string of the molecule is CC1(C)OB(c2ccc(NC(=O)NC3CCCCC3)cc2)OC1(C)C. The summed E-state index contributed by atoms with van der Waals surface area (Å²) in [7, 11) is -0.380. The smallest absolute Gasteiger partial charge is 0.399 e. The quantitative estimate of drug-likeness (QED) is 0.826. The first-order valence-electron chi connectivity index (χ1n) is 9.30. The van der Waals surface area contributed by atoms with E-state index in [2.05, 4.69) is 10.6 Å². The Labute approximate surface area is 151 Å². The van der Waals surface area contributed by atoms with Crippen LogP contribution in [0.25, 0.3) is 0 Å². The van der Waals surface area contributed by atoms with Gasteiger partial charge in [-0.25, -0.2) is 4.79 Å². The van der Waals surface area contributed by atoms with Crippen LogP contribution in [-0.2, 0) is 9.31 Å². The minimum Gasteiger partial charge on any atom is -0.399 e. The van der Waals surface area contributed by atoms with Gasteiger partial charge in [-0.1, -0.05) is 31.4 Å². The van der Waals surface area contributed by atoms with Gasteiger partial charge in [-0.05, 0) is 58.1 Å². The van der Waals surface area contributed by atoms with E-state index in [0.29, 0.717) is 6.04 Å². The van der Waals surface area contributed by atoms with E-state index in [1.165, 1.54) is 19.3 Å². The molecule has 5 nitrogen and oxygen atoms in total. The summed E-state index contributed by atoms with van der Waals surface area (Å²) in [6, 6.07) is 7.84. The number of carbonyl (C=O) groups is 1. The highest BCUT2D eigenvalue weighted by molar-refractivity contribution is 6.62. The Kier molecular flexibility index (Phi) is 5.12. The number of carbonyl (C=O) groups excluding carboxylic acids is 1. The summed E-state index contributed by atoms with van der Waals surface area (Å²) in [5, 5.41) is 5.97. The topological polar surface area (TPSA) is 59.6 Å². The third-order valence-electron chi connectivity index (χ3n) is 5.63. The molecule has 0 bridgehead atoms. The highest BCUT2D eigenvalue weighted by Crippen LogP contribution is 2.36. The average molecular weight is 344 g/mol. The third-order valence-corrected chi connectivity index (χ3v) is 5.63. The Morgan fingerprint density at radius 1 is 1.00 bits per heavy atom. The van der Waals surface area contributed by atoms with Crippen molar-refractivity contribution in [2.75, 3.05) is 5.32 Å². The molecule has 0 aromatic heterocycles. The molecule has 2 fully saturated rings. The lowest BCUT2D eigenvalue weighted by atomic mass is 9.79. The lowest BCUT2D eigenvalue weighted by Gasteiger charge is -2.32. The maximum atomic E-state index is 12.1. The fourth-order valence-corrected chi connectivity index (χ4v) is 3.30. The molecule has 6 heteroatoms. The predicted molar refractivity (Wildman–Crippen MR) is 101 cm³/mol. The van der Waals surface area contributed by atoms with Crippen molar-refractivity contribution in [2.24, 2.45) is 0 Å². The maximum absolute atomic E-state index is 12.1. The van der Waals surface area contributed by atoms with Gasteiger partial charge in [0, 0.05) is 11.7 Å². The van der Waals surface area contributed by atoms with Crippen molar-refractivity contribution >= 4 is 24.3 Å². The van der Waals surface area contributed by atoms with E-state index in [1.807, 2.05) is 52.0 Å². The highest BCUT2D eigenvalue weighted by atomic mass is 16.7. The predicted octanol–water partition coefficient (Wildman–Crippen LogP) is 3.44. The molecule has 1 heterocycles. The van der Waals surface area contributed by atoms with Gasteiger partial charge >= 0.3 is 13.1 Å². The lowest BCUT2D eigenvalue weighted by Crippen LogP contribution is -2.41. The second-order valence-corrected chi connectivity index (χ2v) is 8.14. The van der Waals surface area contributed by atoms with E-state index in [-0.39, 0.29) is 24.4 Å². The van der Waals surface area contributed by atoms with Gasteiger partial charge in [0.1, 0.15) is 0 Å². The highest BCUT2D eigenvalue weighted by Gasteiger charge is 2.51. The summed E-state index contributed by atoms with van der Waals surface area (Å²) in [4.78, 5) is 12.1. The van der Waals surface area contributed by atoms with Crippen molar-refractivity contribution in [3.05, 3.63) is 24.3 Å². The molecule has 2 aliphatic rings. The molecule has 0 unspecified atom stereocenters. The Bertz CT molecular complexity index is 594. The second kappa shape index (κ2) is 7.00. The van der Waals surface area contributed by atoms with Crippen molar-refractivity contribution < 1.29 is 14.1 Å². The Morgan fingerprint density at radius 2 is 1.56 bits per heavy atom. The number of amides is 2. The molecule has 0 radical (unpaired) electrons. The largest absolute Gasteiger partial charge is 0.494 e. The van der Waals surface area contributed by atoms with Gasteiger partial charge in [-0.3, -0.25) is 0 Å². The average Bonchev–Trinajstić information content (AvgIpc) is 2.77. The van der Waals surface area contributed by atoms with Crippen molar-refractivity contribution in [2.45, 2.75) is 77.0 Å². The number of urea groups is 1. The van der Waals surface area contributed by atoms with E-state index in [1.54, 1.807) is 0 Å². The minimum atomic E-state index is -0.380. The summed E-state index contributed by atoms with van der Waals surface area (Å²) in [6.45, 7) is 8.16. The number of nitrogens with one attached hydrogen (secondary N) is 2. The van der Waals surface area contributed by atoms with Crippen LogP contribution in [0.4, 0.5) is 10.5 Å². The molecule has 2 amide bonds. The zero-order valence-electron chi connectivity index (χ0n) is 15.7. The van der Waals surface area contributed by atoms with Gasteiger partial charge in [0.2, 0.25) is 0 Å². The standard InChI is InChI=1S/C19H29BN2O3/c1-18(2)19(3,4)25-20(24-18)14-10-12-16(13-11-14)22-17(23)21-15-8-6-5-7-9-15/h10-13,15H,5-9H2,1-4H3,(H2,21,22,23). The van der Waals surface area contributed by atoms with Crippen LogP contribution >= 0.6 is 0 Å². The number of hydrogen-bond acceptors (Lipinski definition) is 3. The summed E-state index contributed by atoms with van der Waals surface area (Å²) < 4.78 is 12.1. The Morgan fingerprint density at radius 3 is 2.12 bits per heavy atom. The second-order valence-electron chi connectivity index (χ2n) is 8.14. The van der Waals surface area contributed by atoms with Crippen LogP contribution in [0, 0.1) is 0 Å². The molecular formula is C19H29BN2O3. The molecule has 1 aliphatic heterocycles. The van der Waals surface area contributed by atoms with Gasteiger partial charge in [-0.2, -0.15) is 0 Å². The Hall–Kier alpha value is -1.53. The monoisotopic (exact) mass is 344 g/mol. The first-order chi connectivity index (χ1) is 11.8.